The van der Waals surface area contributed by atoms with Crippen molar-refractivity contribution in [2.75, 3.05) is 0 Å². The summed E-state index contributed by atoms with van der Waals surface area (Å²) in [5.74, 6) is 2.57. The molecule has 0 amide bonds. The molecule has 31 heavy (non-hydrogen) atoms. The van der Waals surface area contributed by atoms with E-state index in [9.17, 15) is 0 Å². The third-order valence-electron chi connectivity index (χ3n) is 3.49. The van der Waals surface area contributed by atoms with Gasteiger partial charge < -0.3 is 18.1 Å². The predicted molar refractivity (Wildman–Crippen MR) is 135 cm³/mol. The quantitative estimate of drug-likeness (QED) is 0.289. The van der Waals surface area contributed by atoms with Crippen molar-refractivity contribution in [2.45, 2.75) is 39.5 Å². The SMILES string of the molecule is CC(C)OPOc1ccccc1.CC(C)P(Oc1ccccc1)Oc1ccccc1.Cl. The molecular formula is C24H31ClO4P2. The highest BCUT2D eigenvalue weighted by Gasteiger charge is 2.19. The molecule has 0 aliphatic carbocycles. The maximum absolute atomic E-state index is 5.92. The Hall–Kier alpha value is -1.83. The summed E-state index contributed by atoms with van der Waals surface area (Å²) in [6.45, 7) is 8.19. The van der Waals surface area contributed by atoms with Gasteiger partial charge in [-0.15, -0.1) is 12.4 Å². The molecule has 4 nitrogen and oxygen atoms in total. The summed E-state index contributed by atoms with van der Waals surface area (Å²) in [5.41, 5.74) is 0.334. The van der Waals surface area contributed by atoms with Crippen molar-refractivity contribution in [3.8, 4) is 17.2 Å². The molecule has 168 valence electrons. The summed E-state index contributed by atoms with van der Waals surface area (Å²) in [5, 5.41) is 0. The highest BCUT2D eigenvalue weighted by atomic mass is 35.5. The van der Waals surface area contributed by atoms with Crippen LogP contribution >= 0.6 is 29.8 Å². The first-order valence-corrected chi connectivity index (χ1v) is 12.0. The number of benzene rings is 3. The average molecular weight is 481 g/mol. The molecule has 0 fully saturated rings. The second-order valence-corrected chi connectivity index (χ2v) is 9.43. The topological polar surface area (TPSA) is 36.9 Å². The summed E-state index contributed by atoms with van der Waals surface area (Å²) < 4.78 is 22.4. The highest BCUT2D eigenvalue weighted by molar-refractivity contribution is 7.48. The molecular weight excluding hydrogens is 450 g/mol. The molecule has 1 atom stereocenters. The number of para-hydroxylation sites is 3. The van der Waals surface area contributed by atoms with Crippen LogP contribution in [0, 0.1) is 0 Å². The molecule has 3 rings (SSSR count). The zero-order valence-electron chi connectivity index (χ0n) is 18.3. The molecule has 0 bridgehead atoms. The Morgan fingerprint density at radius 1 is 0.613 bits per heavy atom. The van der Waals surface area contributed by atoms with Crippen molar-refractivity contribution in [1.82, 2.24) is 0 Å². The first-order valence-electron chi connectivity index (χ1n) is 9.92. The van der Waals surface area contributed by atoms with Gasteiger partial charge >= 0.3 is 0 Å². The van der Waals surface area contributed by atoms with Crippen LogP contribution in [0.1, 0.15) is 27.7 Å². The molecule has 0 saturated heterocycles. The number of halogens is 1. The van der Waals surface area contributed by atoms with Crippen LogP contribution in [0.25, 0.3) is 0 Å². The molecule has 1 unspecified atom stereocenters. The van der Waals surface area contributed by atoms with Gasteiger partial charge in [0.15, 0.2) is 0 Å². The van der Waals surface area contributed by atoms with Gasteiger partial charge in [0, 0.05) is 5.66 Å². The zero-order chi connectivity index (χ0) is 21.6. The lowest BCUT2D eigenvalue weighted by Crippen LogP contribution is -2.05. The number of rotatable bonds is 9. The summed E-state index contributed by atoms with van der Waals surface area (Å²) in [6.07, 6.45) is 0.229. The molecule has 0 aliphatic rings. The maximum Gasteiger partial charge on any atom is 0.293 e. The van der Waals surface area contributed by atoms with Crippen LogP contribution in [0.5, 0.6) is 17.2 Å². The van der Waals surface area contributed by atoms with Crippen molar-refractivity contribution in [3.63, 3.8) is 0 Å². The maximum atomic E-state index is 5.92. The largest absolute Gasteiger partial charge is 0.450 e. The van der Waals surface area contributed by atoms with Crippen LogP contribution in [0.4, 0.5) is 0 Å². The minimum Gasteiger partial charge on any atom is -0.450 e. The van der Waals surface area contributed by atoms with Gasteiger partial charge in [0.25, 0.3) is 8.38 Å². The van der Waals surface area contributed by atoms with Crippen LogP contribution in [0.15, 0.2) is 91.0 Å². The van der Waals surface area contributed by atoms with E-state index in [4.69, 9.17) is 18.1 Å². The lowest BCUT2D eigenvalue weighted by atomic mass is 10.3. The van der Waals surface area contributed by atoms with Crippen LogP contribution in [-0.4, -0.2) is 11.8 Å². The molecule has 3 aromatic carbocycles. The van der Waals surface area contributed by atoms with E-state index in [0.29, 0.717) is 5.66 Å². The fourth-order valence-electron chi connectivity index (χ4n) is 2.06. The van der Waals surface area contributed by atoms with Gasteiger partial charge in [-0.1, -0.05) is 68.4 Å². The molecule has 0 heterocycles. The Balaban J connectivity index is 0.000000324. The Kier molecular flexibility index (Phi) is 13.9. The molecule has 7 heteroatoms. The summed E-state index contributed by atoms with van der Waals surface area (Å²) >= 11 is 0. The summed E-state index contributed by atoms with van der Waals surface area (Å²) in [6, 6.07) is 29.3. The van der Waals surface area contributed by atoms with E-state index in [2.05, 4.69) is 13.8 Å². The molecule has 0 aliphatic heterocycles. The van der Waals surface area contributed by atoms with E-state index in [1.54, 1.807) is 0 Å². The molecule has 0 aromatic heterocycles. The fraction of sp³-hybridized carbons (Fsp3) is 0.250. The van der Waals surface area contributed by atoms with Gasteiger partial charge in [-0.05, 0) is 50.2 Å². The Bertz CT molecular complexity index is 764. The monoisotopic (exact) mass is 480 g/mol. The summed E-state index contributed by atoms with van der Waals surface area (Å²) in [4.78, 5) is 0. The van der Waals surface area contributed by atoms with Crippen molar-refractivity contribution in [1.29, 1.82) is 0 Å². The van der Waals surface area contributed by atoms with E-state index in [1.165, 1.54) is 0 Å². The molecule has 0 N–H and O–H groups in total. The van der Waals surface area contributed by atoms with Crippen LogP contribution in [0.3, 0.4) is 0 Å². The first-order chi connectivity index (χ1) is 14.5. The van der Waals surface area contributed by atoms with Gasteiger partial charge in [0.2, 0.25) is 9.03 Å². The van der Waals surface area contributed by atoms with E-state index >= 15 is 0 Å². The molecule has 0 radical (unpaired) electrons. The fourth-order valence-corrected chi connectivity index (χ4v) is 3.65. The molecule has 0 saturated carbocycles. The second-order valence-electron chi connectivity index (χ2n) is 6.85. The zero-order valence-corrected chi connectivity index (χ0v) is 21.0. The lowest BCUT2D eigenvalue weighted by molar-refractivity contribution is 0.256. The van der Waals surface area contributed by atoms with E-state index in [0.717, 1.165) is 17.2 Å². The Morgan fingerprint density at radius 3 is 1.35 bits per heavy atom. The first kappa shape index (κ1) is 27.2. The van der Waals surface area contributed by atoms with Gasteiger partial charge in [-0.25, -0.2) is 0 Å². The van der Waals surface area contributed by atoms with Crippen molar-refractivity contribution < 1.29 is 18.1 Å². The molecule has 3 aromatic rings. The minimum absolute atomic E-state index is 0. The van der Waals surface area contributed by atoms with E-state index in [-0.39, 0.29) is 27.5 Å². The number of hydrogen-bond donors (Lipinski definition) is 0. The smallest absolute Gasteiger partial charge is 0.293 e. The van der Waals surface area contributed by atoms with E-state index in [1.807, 2.05) is 105 Å². The van der Waals surface area contributed by atoms with Crippen LogP contribution in [0.2, 0.25) is 0 Å². The summed E-state index contributed by atoms with van der Waals surface area (Å²) in [7, 11) is -0.882. The van der Waals surface area contributed by atoms with Crippen LogP contribution < -0.4 is 13.6 Å². The van der Waals surface area contributed by atoms with Gasteiger partial charge in [0.1, 0.15) is 17.2 Å². The van der Waals surface area contributed by atoms with Gasteiger partial charge in [-0.3, -0.25) is 0 Å². The highest BCUT2D eigenvalue weighted by Crippen LogP contribution is 2.44. The lowest BCUT2D eigenvalue weighted by Gasteiger charge is -2.21. The van der Waals surface area contributed by atoms with Gasteiger partial charge in [-0.2, -0.15) is 0 Å². The predicted octanol–water partition coefficient (Wildman–Crippen LogP) is 8.29. The number of hydrogen-bond acceptors (Lipinski definition) is 4. The van der Waals surface area contributed by atoms with Crippen molar-refractivity contribution >= 4 is 29.8 Å². The van der Waals surface area contributed by atoms with Crippen LogP contribution in [-0.2, 0) is 4.52 Å². The Labute approximate surface area is 195 Å². The minimum atomic E-state index is -0.972. The van der Waals surface area contributed by atoms with Gasteiger partial charge in [0.05, 0.1) is 6.10 Å². The standard InChI is InChI=1S/C15H17O2P.C9H13O2P.ClH/c1-13(2)18(16-14-9-5-3-6-10-14)17-15-11-7-4-8-12-15;1-8(2)10-12-11-9-6-4-3-5-7-9;/h3-13H,1-2H3;3-8,12H,1-2H3;1H. The molecule has 0 spiro atoms. The third kappa shape index (κ3) is 12.0. The Morgan fingerprint density at radius 2 is 1.00 bits per heavy atom. The van der Waals surface area contributed by atoms with Crippen molar-refractivity contribution in [2.24, 2.45) is 0 Å². The van der Waals surface area contributed by atoms with Crippen molar-refractivity contribution in [3.05, 3.63) is 91.0 Å². The third-order valence-corrected chi connectivity index (χ3v) is 6.00. The average Bonchev–Trinajstić information content (AvgIpc) is 2.76. The van der Waals surface area contributed by atoms with E-state index < -0.39 is 8.38 Å². The normalized spacial score (nSPS) is 10.5. The second kappa shape index (κ2) is 15.9.